The normalized spacial score (nSPS) is 15.7. The van der Waals surface area contributed by atoms with Crippen molar-refractivity contribution in [2.75, 3.05) is 6.54 Å². The van der Waals surface area contributed by atoms with Crippen LogP contribution in [0.15, 0.2) is 53.2 Å². The van der Waals surface area contributed by atoms with Gasteiger partial charge in [0.25, 0.3) is 0 Å². The Labute approximate surface area is 109 Å². The Morgan fingerprint density at radius 1 is 1.24 bits per heavy atom. The van der Waals surface area contributed by atoms with Crippen molar-refractivity contribution >= 4 is 21.6 Å². The molecule has 0 unspecified atom stereocenters. The lowest BCUT2D eigenvalue weighted by Gasteiger charge is -2.30. The van der Waals surface area contributed by atoms with Crippen molar-refractivity contribution in [3.05, 3.63) is 64.6 Å². The van der Waals surface area contributed by atoms with Gasteiger partial charge in [-0.1, -0.05) is 6.58 Å². The lowest BCUT2D eigenvalue weighted by atomic mass is 10.1. The topological polar surface area (TPSA) is 3.24 Å². The third kappa shape index (κ3) is 2.34. The Kier molecular flexibility index (Phi) is 3.48. The predicted octanol–water partition coefficient (Wildman–Crippen LogP) is 4.29. The minimum atomic E-state index is -0.219. The molecule has 2 rings (SSSR count). The fourth-order valence-electron chi connectivity index (χ4n) is 1.85. The molecule has 0 atom stereocenters. The van der Waals surface area contributed by atoms with Gasteiger partial charge in [-0.25, -0.2) is 4.39 Å². The van der Waals surface area contributed by atoms with E-state index < -0.39 is 0 Å². The van der Waals surface area contributed by atoms with E-state index in [9.17, 15) is 4.39 Å². The van der Waals surface area contributed by atoms with Gasteiger partial charge in [0.05, 0.1) is 0 Å². The summed E-state index contributed by atoms with van der Waals surface area (Å²) in [5.41, 5.74) is 2.96. The van der Waals surface area contributed by atoms with Gasteiger partial charge in [-0.15, -0.1) is 0 Å². The molecule has 0 aromatic heterocycles. The molecule has 0 amide bonds. The molecule has 1 heterocycles. The summed E-state index contributed by atoms with van der Waals surface area (Å²) in [5, 5.41) is 0. The molecule has 0 spiro atoms. The maximum absolute atomic E-state index is 12.9. The van der Waals surface area contributed by atoms with Crippen molar-refractivity contribution < 1.29 is 4.39 Å². The highest BCUT2D eigenvalue weighted by atomic mass is 79.9. The summed E-state index contributed by atoms with van der Waals surface area (Å²) in [6.07, 6.45) is 3.97. The van der Waals surface area contributed by atoms with E-state index in [4.69, 9.17) is 0 Å². The fourth-order valence-corrected chi connectivity index (χ4v) is 2.19. The molecule has 0 saturated carbocycles. The van der Waals surface area contributed by atoms with Crippen LogP contribution in [-0.2, 0) is 0 Å². The molecule has 1 nitrogen and oxygen atoms in total. The average Bonchev–Trinajstić information content (AvgIpc) is 2.34. The fraction of sp³-hybridized carbons (Fsp3) is 0.143. The Morgan fingerprint density at radius 3 is 2.47 bits per heavy atom. The molecule has 0 saturated heterocycles. The minimum Gasteiger partial charge on any atom is -0.341 e. The molecule has 0 aliphatic carbocycles. The van der Waals surface area contributed by atoms with Gasteiger partial charge in [-0.05, 0) is 64.8 Å². The van der Waals surface area contributed by atoms with Crippen LogP contribution in [0.5, 0.6) is 0 Å². The highest BCUT2D eigenvalue weighted by Crippen LogP contribution is 2.32. The number of benzene rings is 1. The summed E-state index contributed by atoms with van der Waals surface area (Å²) in [7, 11) is 0. The van der Waals surface area contributed by atoms with E-state index in [2.05, 4.69) is 34.3 Å². The van der Waals surface area contributed by atoms with E-state index in [1.807, 2.05) is 12.2 Å². The van der Waals surface area contributed by atoms with Crippen molar-refractivity contribution in [1.29, 1.82) is 0 Å². The largest absolute Gasteiger partial charge is 0.341 e. The van der Waals surface area contributed by atoms with Gasteiger partial charge in [-0.2, -0.15) is 0 Å². The van der Waals surface area contributed by atoms with Gasteiger partial charge in [0.1, 0.15) is 5.82 Å². The number of likely N-dealkylation sites (N-methyl/N-ethyl adjacent to an activating group) is 1. The molecule has 1 aromatic rings. The van der Waals surface area contributed by atoms with Crippen LogP contribution in [0.2, 0.25) is 0 Å². The number of allylic oxidation sites excluding steroid dienone is 3. The summed E-state index contributed by atoms with van der Waals surface area (Å²) >= 11 is 3.46. The van der Waals surface area contributed by atoms with E-state index in [1.54, 1.807) is 12.1 Å². The summed E-state index contributed by atoms with van der Waals surface area (Å²) in [6.45, 7) is 6.92. The van der Waals surface area contributed by atoms with Crippen LogP contribution in [0.25, 0.3) is 5.70 Å². The summed E-state index contributed by atoms with van der Waals surface area (Å²) < 4.78 is 13.9. The maximum Gasteiger partial charge on any atom is 0.123 e. The van der Waals surface area contributed by atoms with E-state index in [0.29, 0.717) is 0 Å². The summed E-state index contributed by atoms with van der Waals surface area (Å²) in [5.74, 6) is -0.219. The standard InChI is InChI=1S/C14H13BrFN/c1-3-17-10(2)13(15)8-9-14(17)11-4-6-12(16)7-5-11/h4-9H,2-3H2,1H3. The molecule has 1 aliphatic heterocycles. The van der Waals surface area contributed by atoms with Gasteiger partial charge in [0, 0.05) is 22.4 Å². The number of hydrogen-bond donors (Lipinski definition) is 0. The van der Waals surface area contributed by atoms with Crippen molar-refractivity contribution in [3.63, 3.8) is 0 Å². The molecule has 1 aromatic carbocycles. The van der Waals surface area contributed by atoms with Crippen LogP contribution in [-0.4, -0.2) is 11.4 Å². The molecule has 3 heteroatoms. The minimum absolute atomic E-state index is 0.219. The van der Waals surface area contributed by atoms with Crippen LogP contribution in [0.3, 0.4) is 0 Å². The number of nitrogens with zero attached hydrogens (tertiary/aromatic N) is 1. The lowest BCUT2D eigenvalue weighted by Crippen LogP contribution is -2.22. The average molecular weight is 294 g/mol. The maximum atomic E-state index is 12.9. The van der Waals surface area contributed by atoms with Gasteiger partial charge < -0.3 is 4.90 Å². The quantitative estimate of drug-likeness (QED) is 0.786. The Balaban J connectivity index is 2.43. The van der Waals surface area contributed by atoms with Gasteiger partial charge in [0.15, 0.2) is 0 Å². The molecule has 88 valence electrons. The molecule has 0 N–H and O–H groups in total. The van der Waals surface area contributed by atoms with Crippen molar-refractivity contribution in [3.8, 4) is 0 Å². The lowest BCUT2D eigenvalue weighted by molar-refractivity contribution is 0.528. The Bertz CT molecular complexity index is 499. The van der Waals surface area contributed by atoms with E-state index in [-0.39, 0.29) is 5.82 Å². The monoisotopic (exact) mass is 293 g/mol. The van der Waals surface area contributed by atoms with Crippen molar-refractivity contribution in [2.24, 2.45) is 0 Å². The second kappa shape index (κ2) is 4.88. The first-order valence-corrected chi connectivity index (χ1v) is 6.23. The summed E-state index contributed by atoms with van der Waals surface area (Å²) in [6, 6.07) is 6.51. The zero-order valence-electron chi connectivity index (χ0n) is 9.58. The van der Waals surface area contributed by atoms with Crippen LogP contribution in [0.1, 0.15) is 12.5 Å². The zero-order valence-corrected chi connectivity index (χ0v) is 11.2. The highest BCUT2D eigenvalue weighted by Gasteiger charge is 2.17. The van der Waals surface area contributed by atoms with Crippen LogP contribution in [0, 0.1) is 5.82 Å². The van der Waals surface area contributed by atoms with Crippen LogP contribution >= 0.6 is 15.9 Å². The molecule has 0 radical (unpaired) electrons. The molecular formula is C14H13BrFN. The van der Waals surface area contributed by atoms with Crippen LogP contribution in [0.4, 0.5) is 4.39 Å². The number of rotatable bonds is 2. The third-order valence-electron chi connectivity index (χ3n) is 2.74. The summed E-state index contributed by atoms with van der Waals surface area (Å²) in [4.78, 5) is 2.09. The van der Waals surface area contributed by atoms with E-state index in [1.165, 1.54) is 12.1 Å². The first kappa shape index (κ1) is 12.1. The molecule has 1 aliphatic rings. The zero-order chi connectivity index (χ0) is 12.4. The molecule has 0 fully saturated rings. The smallest absolute Gasteiger partial charge is 0.123 e. The van der Waals surface area contributed by atoms with E-state index >= 15 is 0 Å². The van der Waals surface area contributed by atoms with Gasteiger partial charge in [0.2, 0.25) is 0 Å². The first-order chi connectivity index (χ1) is 8.13. The Morgan fingerprint density at radius 2 is 1.88 bits per heavy atom. The first-order valence-electron chi connectivity index (χ1n) is 5.43. The predicted molar refractivity (Wildman–Crippen MR) is 72.9 cm³/mol. The number of halogens is 2. The number of hydrogen-bond acceptors (Lipinski definition) is 1. The molecule has 17 heavy (non-hydrogen) atoms. The third-order valence-corrected chi connectivity index (χ3v) is 3.46. The molecule has 0 bridgehead atoms. The highest BCUT2D eigenvalue weighted by molar-refractivity contribution is 9.12. The SMILES string of the molecule is C=C1C(Br)=CC=C(c2ccc(F)cc2)N1CC. The van der Waals surface area contributed by atoms with Crippen molar-refractivity contribution in [1.82, 2.24) is 4.90 Å². The second-order valence-electron chi connectivity index (χ2n) is 3.76. The Hall–Kier alpha value is -1.35. The molecular weight excluding hydrogens is 281 g/mol. The van der Waals surface area contributed by atoms with Crippen molar-refractivity contribution in [2.45, 2.75) is 6.92 Å². The van der Waals surface area contributed by atoms with E-state index in [0.717, 1.165) is 28.0 Å². The van der Waals surface area contributed by atoms with Gasteiger partial charge in [-0.3, -0.25) is 0 Å². The van der Waals surface area contributed by atoms with Crippen LogP contribution < -0.4 is 0 Å². The second-order valence-corrected chi connectivity index (χ2v) is 4.62. The van der Waals surface area contributed by atoms with Gasteiger partial charge >= 0.3 is 0 Å².